The molecule has 1 aromatic rings. The minimum atomic E-state index is -0.610. The predicted octanol–water partition coefficient (Wildman–Crippen LogP) is 0.756. The van der Waals surface area contributed by atoms with Crippen LogP contribution < -0.4 is 16.4 Å². The normalized spacial score (nSPS) is 16.3. The number of nitrogens with one attached hydrogen (secondary N) is 2. The number of hydrogen-bond donors (Lipinski definition) is 3. The number of benzene rings is 1. The van der Waals surface area contributed by atoms with Crippen LogP contribution in [0, 0.1) is 0 Å². The summed E-state index contributed by atoms with van der Waals surface area (Å²) in [6, 6.07) is 4.51. The maximum atomic E-state index is 11.7. The van der Waals surface area contributed by atoms with Gasteiger partial charge in [0.15, 0.2) is 0 Å². The van der Waals surface area contributed by atoms with Crippen molar-refractivity contribution in [1.82, 2.24) is 5.32 Å². The molecule has 0 aliphatic carbocycles. The first kappa shape index (κ1) is 14.8. The van der Waals surface area contributed by atoms with Crippen LogP contribution in [0.1, 0.15) is 17.3 Å². The molecule has 0 unspecified atom stereocenters. The van der Waals surface area contributed by atoms with Gasteiger partial charge in [0.25, 0.3) is 0 Å². The van der Waals surface area contributed by atoms with E-state index < -0.39 is 5.91 Å². The molecule has 20 heavy (non-hydrogen) atoms. The molecule has 1 saturated heterocycles. The predicted molar refractivity (Wildman–Crippen MR) is 75.8 cm³/mol. The summed E-state index contributed by atoms with van der Waals surface area (Å²) in [7, 11) is 0. The summed E-state index contributed by atoms with van der Waals surface area (Å²) in [5.74, 6) is -0.886. The molecule has 0 spiro atoms. The molecule has 7 heteroatoms. The average molecular weight is 298 g/mol. The van der Waals surface area contributed by atoms with E-state index in [0.717, 1.165) is 13.1 Å². The number of anilines is 1. The van der Waals surface area contributed by atoms with E-state index in [1.54, 1.807) is 6.07 Å². The van der Waals surface area contributed by atoms with E-state index in [1.165, 1.54) is 12.1 Å². The third kappa shape index (κ3) is 3.47. The van der Waals surface area contributed by atoms with Crippen LogP contribution >= 0.6 is 11.6 Å². The van der Waals surface area contributed by atoms with E-state index in [-0.39, 0.29) is 28.7 Å². The number of carbonyl (C=O) groups excluding carboxylic acids is 2. The molecule has 1 aliphatic rings. The van der Waals surface area contributed by atoms with Gasteiger partial charge in [0.05, 0.1) is 16.2 Å². The first-order chi connectivity index (χ1) is 9.39. The molecule has 4 N–H and O–H groups in total. The van der Waals surface area contributed by atoms with Gasteiger partial charge in [0, 0.05) is 18.8 Å². The molecular weight excluding hydrogens is 282 g/mol. The van der Waals surface area contributed by atoms with Crippen LogP contribution in [0.2, 0.25) is 5.02 Å². The van der Waals surface area contributed by atoms with Gasteiger partial charge in [0.1, 0.15) is 6.61 Å². The van der Waals surface area contributed by atoms with Crippen molar-refractivity contribution in [2.24, 2.45) is 5.73 Å². The van der Waals surface area contributed by atoms with Gasteiger partial charge in [-0.05, 0) is 25.1 Å². The molecule has 0 atom stereocenters. The highest BCUT2D eigenvalue weighted by Crippen LogP contribution is 2.21. The largest absolute Gasteiger partial charge is 0.366 e. The van der Waals surface area contributed by atoms with E-state index in [1.807, 2.05) is 6.92 Å². The summed E-state index contributed by atoms with van der Waals surface area (Å²) in [6.45, 7) is 3.38. The maximum Gasteiger partial charge on any atom is 0.250 e. The molecule has 0 saturated carbocycles. The van der Waals surface area contributed by atoms with E-state index in [4.69, 9.17) is 22.1 Å². The van der Waals surface area contributed by atoms with Crippen LogP contribution in [0.15, 0.2) is 18.2 Å². The Hall–Kier alpha value is -1.63. The van der Waals surface area contributed by atoms with Crippen molar-refractivity contribution in [1.29, 1.82) is 0 Å². The van der Waals surface area contributed by atoms with Crippen molar-refractivity contribution < 1.29 is 14.3 Å². The van der Waals surface area contributed by atoms with Gasteiger partial charge in [-0.15, -0.1) is 0 Å². The Balaban J connectivity index is 1.91. The average Bonchev–Trinajstić information content (AvgIpc) is 2.33. The molecule has 1 aromatic carbocycles. The lowest BCUT2D eigenvalue weighted by atomic mass is 10.0. The van der Waals surface area contributed by atoms with Crippen molar-refractivity contribution in [2.75, 3.05) is 25.0 Å². The zero-order valence-electron chi connectivity index (χ0n) is 11.0. The Morgan fingerprint density at radius 1 is 1.50 bits per heavy atom. The van der Waals surface area contributed by atoms with Gasteiger partial charge in [0.2, 0.25) is 11.8 Å². The second kappa shape index (κ2) is 5.78. The van der Waals surface area contributed by atoms with Gasteiger partial charge in [-0.2, -0.15) is 0 Å². The minimum Gasteiger partial charge on any atom is -0.366 e. The number of hydrogen-bond acceptors (Lipinski definition) is 4. The van der Waals surface area contributed by atoms with Gasteiger partial charge in [-0.1, -0.05) is 11.6 Å². The number of amides is 2. The van der Waals surface area contributed by atoms with Crippen molar-refractivity contribution in [3.8, 4) is 0 Å². The number of nitrogens with two attached hydrogens (primary N) is 1. The summed E-state index contributed by atoms with van der Waals surface area (Å²) in [6.07, 6.45) is 0. The monoisotopic (exact) mass is 297 g/mol. The molecule has 2 rings (SSSR count). The number of rotatable bonds is 5. The molecule has 6 nitrogen and oxygen atoms in total. The van der Waals surface area contributed by atoms with Gasteiger partial charge < -0.3 is 21.1 Å². The fourth-order valence-electron chi connectivity index (χ4n) is 1.81. The SMILES string of the molecule is CC1(OCC(=O)Nc2ccc(C(N)=O)c(Cl)c2)CNC1. The summed E-state index contributed by atoms with van der Waals surface area (Å²) in [4.78, 5) is 22.8. The van der Waals surface area contributed by atoms with E-state index in [0.29, 0.717) is 5.69 Å². The fourth-order valence-corrected chi connectivity index (χ4v) is 2.08. The van der Waals surface area contributed by atoms with Crippen molar-refractivity contribution in [3.05, 3.63) is 28.8 Å². The fraction of sp³-hybridized carbons (Fsp3) is 0.385. The highest BCUT2D eigenvalue weighted by molar-refractivity contribution is 6.34. The van der Waals surface area contributed by atoms with Gasteiger partial charge in [-0.25, -0.2) is 0 Å². The van der Waals surface area contributed by atoms with Crippen LogP contribution in [0.4, 0.5) is 5.69 Å². The van der Waals surface area contributed by atoms with Crippen LogP contribution in [-0.2, 0) is 9.53 Å². The van der Waals surface area contributed by atoms with E-state index in [2.05, 4.69) is 10.6 Å². The Labute approximate surface area is 121 Å². The standard InChI is InChI=1S/C13H16ClN3O3/c1-13(6-16-7-13)20-5-11(18)17-8-2-3-9(12(15)19)10(14)4-8/h2-4,16H,5-7H2,1H3,(H2,15,19)(H,17,18). The van der Waals surface area contributed by atoms with Crippen LogP contribution in [0.5, 0.6) is 0 Å². The Bertz CT molecular complexity index is 544. The molecule has 1 heterocycles. The van der Waals surface area contributed by atoms with Crippen molar-refractivity contribution in [3.63, 3.8) is 0 Å². The van der Waals surface area contributed by atoms with E-state index in [9.17, 15) is 9.59 Å². The van der Waals surface area contributed by atoms with Crippen LogP contribution in [0.25, 0.3) is 0 Å². The van der Waals surface area contributed by atoms with Gasteiger partial charge in [-0.3, -0.25) is 9.59 Å². The lowest BCUT2D eigenvalue weighted by Gasteiger charge is -2.38. The lowest BCUT2D eigenvalue weighted by molar-refractivity contribution is -0.130. The number of ether oxygens (including phenoxy) is 1. The maximum absolute atomic E-state index is 11.7. The van der Waals surface area contributed by atoms with Gasteiger partial charge >= 0.3 is 0 Å². The number of carbonyl (C=O) groups is 2. The Morgan fingerprint density at radius 3 is 2.70 bits per heavy atom. The first-order valence-corrected chi connectivity index (χ1v) is 6.51. The highest BCUT2D eigenvalue weighted by atomic mass is 35.5. The highest BCUT2D eigenvalue weighted by Gasteiger charge is 2.32. The lowest BCUT2D eigenvalue weighted by Crippen LogP contribution is -2.59. The summed E-state index contributed by atoms with van der Waals surface area (Å²) in [5, 5.41) is 5.93. The summed E-state index contributed by atoms with van der Waals surface area (Å²) >= 11 is 5.90. The van der Waals surface area contributed by atoms with Crippen molar-refractivity contribution in [2.45, 2.75) is 12.5 Å². The molecule has 0 radical (unpaired) electrons. The molecule has 2 amide bonds. The topological polar surface area (TPSA) is 93.4 Å². The van der Waals surface area contributed by atoms with Crippen molar-refractivity contribution >= 4 is 29.1 Å². The van der Waals surface area contributed by atoms with E-state index >= 15 is 0 Å². The number of halogens is 1. The molecule has 108 valence electrons. The smallest absolute Gasteiger partial charge is 0.250 e. The van der Waals surface area contributed by atoms with Crippen LogP contribution in [-0.4, -0.2) is 37.1 Å². The molecule has 1 fully saturated rings. The zero-order chi connectivity index (χ0) is 14.8. The summed E-state index contributed by atoms with van der Waals surface area (Å²) in [5.41, 5.74) is 5.58. The second-order valence-corrected chi connectivity index (χ2v) is 5.36. The molecular formula is C13H16ClN3O3. The minimum absolute atomic E-state index is 0.0344. The molecule has 0 aromatic heterocycles. The third-order valence-corrected chi connectivity index (χ3v) is 3.38. The summed E-state index contributed by atoms with van der Waals surface area (Å²) < 4.78 is 5.51. The Kier molecular flexibility index (Phi) is 4.27. The molecule has 1 aliphatic heterocycles. The zero-order valence-corrected chi connectivity index (χ0v) is 11.8. The second-order valence-electron chi connectivity index (χ2n) is 4.95. The number of primary amides is 1. The first-order valence-electron chi connectivity index (χ1n) is 6.13. The quantitative estimate of drug-likeness (QED) is 0.748. The third-order valence-electron chi connectivity index (χ3n) is 3.07. The molecule has 0 bridgehead atoms. The Morgan fingerprint density at radius 2 is 2.20 bits per heavy atom. The van der Waals surface area contributed by atoms with Crippen LogP contribution in [0.3, 0.4) is 0 Å².